The van der Waals surface area contributed by atoms with E-state index in [1.54, 1.807) is 22.5 Å². The second-order valence-corrected chi connectivity index (χ2v) is 10.6. The summed E-state index contributed by atoms with van der Waals surface area (Å²) in [5.41, 5.74) is 2.24. The van der Waals surface area contributed by atoms with Crippen molar-refractivity contribution in [2.24, 2.45) is 0 Å². The van der Waals surface area contributed by atoms with Crippen LogP contribution in [-0.2, 0) is 10.0 Å². The summed E-state index contributed by atoms with van der Waals surface area (Å²) >= 11 is 12.1. The van der Waals surface area contributed by atoms with Gasteiger partial charge in [-0.05, 0) is 54.7 Å². The highest BCUT2D eigenvalue weighted by molar-refractivity contribution is 7.89. The zero-order valence-electron chi connectivity index (χ0n) is 16.4. The minimum absolute atomic E-state index is 0.389. The fraction of sp³-hybridized carbons (Fsp3) is 0.455. The summed E-state index contributed by atoms with van der Waals surface area (Å²) in [6.45, 7) is 2.15. The fourth-order valence-electron chi connectivity index (χ4n) is 4.37. The van der Waals surface area contributed by atoms with Crippen LogP contribution in [0.15, 0.2) is 47.4 Å². The van der Waals surface area contributed by atoms with Gasteiger partial charge in [0, 0.05) is 31.9 Å². The second-order valence-electron chi connectivity index (χ2n) is 7.89. The van der Waals surface area contributed by atoms with Crippen molar-refractivity contribution in [2.75, 3.05) is 31.1 Å². The molecule has 1 aliphatic carbocycles. The smallest absolute Gasteiger partial charge is 0.243 e. The van der Waals surface area contributed by atoms with E-state index in [1.165, 1.54) is 37.7 Å². The molecule has 1 aliphatic heterocycles. The zero-order valence-corrected chi connectivity index (χ0v) is 18.7. The highest BCUT2D eigenvalue weighted by Crippen LogP contribution is 2.33. The van der Waals surface area contributed by atoms with Gasteiger partial charge in [0.1, 0.15) is 0 Å². The maximum Gasteiger partial charge on any atom is 0.243 e. The van der Waals surface area contributed by atoms with Crippen molar-refractivity contribution in [2.45, 2.75) is 42.9 Å². The lowest BCUT2D eigenvalue weighted by Gasteiger charge is -2.35. The van der Waals surface area contributed by atoms with Crippen molar-refractivity contribution in [1.29, 1.82) is 0 Å². The van der Waals surface area contributed by atoms with Gasteiger partial charge in [-0.15, -0.1) is 0 Å². The maximum atomic E-state index is 13.1. The molecule has 2 fully saturated rings. The molecule has 2 aromatic rings. The lowest BCUT2D eigenvalue weighted by molar-refractivity contribution is 0.385. The molecule has 0 unspecified atom stereocenters. The monoisotopic (exact) mass is 452 g/mol. The molecule has 1 heterocycles. The predicted octanol–water partition coefficient (Wildman–Crippen LogP) is 5.55. The number of nitrogens with zero attached hydrogens (tertiary/aromatic N) is 2. The molecule has 1 saturated carbocycles. The van der Waals surface area contributed by atoms with Crippen molar-refractivity contribution in [3.05, 3.63) is 58.1 Å². The first-order chi connectivity index (χ1) is 13.9. The van der Waals surface area contributed by atoms with Gasteiger partial charge in [-0.1, -0.05) is 54.6 Å². The average Bonchev–Trinajstić information content (AvgIpc) is 2.76. The first-order valence-corrected chi connectivity index (χ1v) is 12.4. The Bertz CT molecular complexity index is 949. The molecule has 1 saturated heterocycles. The third kappa shape index (κ3) is 4.58. The number of benzene rings is 2. The molecule has 0 radical (unpaired) electrons. The first-order valence-electron chi connectivity index (χ1n) is 10.3. The summed E-state index contributed by atoms with van der Waals surface area (Å²) in [5.74, 6) is 0.579. The number of hydrogen-bond acceptors (Lipinski definition) is 3. The SMILES string of the molecule is O=S(=O)(c1ccc(C2CCCCC2)cc1)N1CCN(c2ccc(Cl)c(Cl)c2)CC1. The van der Waals surface area contributed by atoms with Crippen LogP contribution in [0, 0.1) is 0 Å². The highest BCUT2D eigenvalue weighted by Gasteiger charge is 2.29. The van der Waals surface area contributed by atoms with Crippen LogP contribution in [0.25, 0.3) is 0 Å². The minimum Gasteiger partial charge on any atom is -0.369 e. The highest BCUT2D eigenvalue weighted by atomic mass is 35.5. The Labute approximate surface area is 183 Å². The van der Waals surface area contributed by atoms with Crippen LogP contribution in [0.1, 0.15) is 43.6 Å². The number of anilines is 1. The summed E-state index contributed by atoms with van der Waals surface area (Å²) in [6.07, 6.45) is 6.28. The minimum atomic E-state index is -3.47. The van der Waals surface area contributed by atoms with Crippen molar-refractivity contribution in [3.8, 4) is 0 Å². The molecule has 0 spiro atoms. The quantitative estimate of drug-likeness (QED) is 0.609. The van der Waals surface area contributed by atoms with E-state index in [1.807, 2.05) is 24.3 Å². The van der Waals surface area contributed by atoms with Crippen molar-refractivity contribution < 1.29 is 8.42 Å². The number of rotatable bonds is 4. The third-order valence-electron chi connectivity index (χ3n) is 6.10. The fourth-order valence-corrected chi connectivity index (χ4v) is 6.08. The van der Waals surface area contributed by atoms with Gasteiger partial charge >= 0.3 is 0 Å². The summed E-state index contributed by atoms with van der Waals surface area (Å²) < 4.78 is 27.8. The lowest BCUT2D eigenvalue weighted by Crippen LogP contribution is -2.48. The first kappa shape index (κ1) is 21.0. The van der Waals surface area contributed by atoms with Crippen LogP contribution in [0.2, 0.25) is 10.0 Å². The molecule has 0 amide bonds. The Hall–Kier alpha value is -1.27. The molecule has 0 N–H and O–H groups in total. The second kappa shape index (κ2) is 8.84. The number of halogens is 2. The van der Waals surface area contributed by atoms with Crippen LogP contribution in [0.5, 0.6) is 0 Å². The van der Waals surface area contributed by atoms with E-state index in [2.05, 4.69) is 4.90 Å². The molecule has 29 heavy (non-hydrogen) atoms. The predicted molar refractivity (Wildman–Crippen MR) is 120 cm³/mol. The molecule has 7 heteroatoms. The molecule has 4 rings (SSSR count). The van der Waals surface area contributed by atoms with Gasteiger partial charge in [0.05, 0.1) is 14.9 Å². The largest absolute Gasteiger partial charge is 0.369 e. The van der Waals surface area contributed by atoms with Crippen LogP contribution >= 0.6 is 23.2 Å². The number of hydrogen-bond donors (Lipinski definition) is 0. The van der Waals surface area contributed by atoms with E-state index in [0.717, 1.165) is 5.69 Å². The van der Waals surface area contributed by atoms with Gasteiger partial charge in [-0.2, -0.15) is 4.31 Å². The van der Waals surface area contributed by atoms with Crippen LogP contribution in [-0.4, -0.2) is 38.9 Å². The molecular weight excluding hydrogens is 427 g/mol. The Kier molecular flexibility index (Phi) is 6.40. The summed E-state index contributed by atoms with van der Waals surface area (Å²) in [6, 6.07) is 13.1. The molecule has 4 nitrogen and oxygen atoms in total. The van der Waals surface area contributed by atoms with E-state index >= 15 is 0 Å². The van der Waals surface area contributed by atoms with Gasteiger partial charge in [0.2, 0.25) is 10.0 Å². The van der Waals surface area contributed by atoms with E-state index < -0.39 is 10.0 Å². The van der Waals surface area contributed by atoms with Crippen molar-refractivity contribution in [1.82, 2.24) is 4.31 Å². The van der Waals surface area contributed by atoms with E-state index in [4.69, 9.17) is 23.2 Å². The molecule has 0 aromatic heterocycles. The third-order valence-corrected chi connectivity index (χ3v) is 8.75. The number of sulfonamides is 1. The summed E-state index contributed by atoms with van der Waals surface area (Å²) in [5, 5.41) is 1.03. The Morgan fingerprint density at radius 3 is 2.07 bits per heavy atom. The van der Waals surface area contributed by atoms with E-state index in [0.29, 0.717) is 47.0 Å². The Morgan fingerprint density at radius 2 is 1.45 bits per heavy atom. The average molecular weight is 453 g/mol. The Balaban J connectivity index is 1.42. The van der Waals surface area contributed by atoms with Crippen LogP contribution < -0.4 is 4.90 Å². The van der Waals surface area contributed by atoms with E-state index in [9.17, 15) is 8.42 Å². The topological polar surface area (TPSA) is 40.6 Å². The van der Waals surface area contributed by atoms with Gasteiger partial charge in [0.25, 0.3) is 0 Å². The van der Waals surface area contributed by atoms with Gasteiger partial charge in [-0.25, -0.2) is 8.42 Å². The number of piperazine rings is 1. The van der Waals surface area contributed by atoms with Crippen molar-refractivity contribution in [3.63, 3.8) is 0 Å². The molecule has 156 valence electrons. The molecule has 2 aliphatic rings. The van der Waals surface area contributed by atoms with Crippen LogP contribution in [0.3, 0.4) is 0 Å². The molecule has 2 aromatic carbocycles. The van der Waals surface area contributed by atoms with Gasteiger partial charge in [-0.3, -0.25) is 0 Å². The standard InChI is InChI=1S/C22H26Cl2N2O2S/c23-21-11-8-19(16-22(21)24)25-12-14-26(15-13-25)29(27,28)20-9-6-18(7-10-20)17-4-2-1-3-5-17/h6-11,16-17H,1-5,12-15H2. The van der Waals surface area contributed by atoms with Crippen LogP contribution in [0.4, 0.5) is 5.69 Å². The zero-order chi connectivity index (χ0) is 20.4. The van der Waals surface area contributed by atoms with Gasteiger partial charge in [0.15, 0.2) is 0 Å². The Morgan fingerprint density at radius 1 is 0.793 bits per heavy atom. The molecule has 0 bridgehead atoms. The van der Waals surface area contributed by atoms with Gasteiger partial charge < -0.3 is 4.90 Å². The van der Waals surface area contributed by atoms with E-state index in [-0.39, 0.29) is 0 Å². The van der Waals surface area contributed by atoms with Crippen molar-refractivity contribution >= 4 is 38.9 Å². The normalized spacial score (nSPS) is 19.4. The molecular formula is C22H26Cl2N2O2S. The lowest BCUT2D eigenvalue weighted by atomic mass is 9.84. The maximum absolute atomic E-state index is 13.1. The molecule has 0 atom stereocenters. The summed E-state index contributed by atoms with van der Waals surface area (Å²) in [4.78, 5) is 2.53. The summed E-state index contributed by atoms with van der Waals surface area (Å²) in [7, 11) is -3.47.